The van der Waals surface area contributed by atoms with E-state index in [2.05, 4.69) is 39.9 Å². The minimum Gasteiger partial charge on any atom is -0.356 e. The second-order valence-electron chi connectivity index (χ2n) is 7.31. The summed E-state index contributed by atoms with van der Waals surface area (Å²) in [6.07, 6.45) is 14.2. The molecule has 1 amide bonds. The van der Waals surface area contributed by atoms with Crippen LogP contribution in [0.15, 0.2) is 0 Å². The SMILES string of the molecule is CCCCNC(=O)[C@H](CCCC)C(CCC)(CCC)CCCC. The molecule has 2 heteroatoms. The Morgan fingerprint density at radius 3 is 1.83 bits per heavy atom. The first kappa shape index (κ1) is 22.5. The van der Waals surface area contributed by atoms with Crippen molar-refractivity contribution in [3.8, 4) is 0 Å². The molecule has 0 aliphatic carbocycles. The van der Waals surface area contributed by atoms with Gasteiger partial charge in [0.25, 0.3) is 0 Å². The molecule has 0 bridgehead atoms. The molecule has 0 heterocycles. The van der Waals surface area contributed by atoms with Gasteiger partial charge in [0.05, 0.1) is 0 Å². The molecule has 0 aliphatic heterocycles. The average molecular weight is 326 g/mol. The van der Waals surface area contributed by atoms with Crippen LogP contribution in [0.25, 0.3) is 0 Å². The maximum Gasteiger partial charge on any atom is 0.223 e. The zero-order chi connectivity index (χ0) is 17.6. The van der Waals surface area contributed by atoms with Crippen LogP contribution in [0.3, 0.4) is 0 Å². The first-order valence-electron chi connectivity index (χ1n) is 10.4. The Labute approximate surface area is 146 Å². The van der Waals surface area contributed by atoms with Crippen LogP contribution < -0.4 is 5.32 Å². The van der Waals surface area contributed by atoms with Crippen molar-refractivity contribution in [3.05, 3.63) is 0 Å². The fraction of sp³-hybridized carbons (Fsp3) is 0.952. The number of amides is 1. The molecule has 1 atom stereocenters. The summed E-state index contributed by atoms with van der Waals surface area (Å²) >= 11 is 0. The molecule has 0 radical (unpaired) electrons. The zero-order valence-electron chi connectivity index (χ0n) is 16.7. The number of carbonyl (C=O) groups is 1. The van der Waals surface area contributed by atoms with E-state index < -0.39 is 0 Å². The van der Waals surface area contributed by atoms with Crippen LogP contribution in [0.2, 0.25) is 0 Å². The molecule has 0 spiro atoms. The molecule has 0 aliphatic rings. The van der Waals surface area contributed by atoms with E-state index >= 15 is 0 Å². The largest absolute Gasteiger partial charge is 0.356 e. The molecular weight excluding hydrogens is 282 g/mol. The molecule has 0 saturated carbocycles. The van der Waals surface area contributed by atoms with Gasteiger partial charge in [-0.25, -0.2) is 0 Å². The normalized spacial score (nSPS) is 13.1. The van der Waals surface area contributed by atoms with Gasteiger partial charge >= 0.3 is 0 Å². The van der Waals surface area contributed by atoms with E-state index in [1.807, 2.05) is 0 Å². The quantitative estimate of drug-likeness (QED) is 0.343. The predicted octanol–water partition coefficient (Wildman–Crippen LogP) is 6.49. The third-order valence-corrected chi connectivity index (χ3v) is 5.26. The second-order valence-corrected chi connectivity index (χ2v) is 7.31. The summed E-state index contributed by atoms with van der Waals surface area (Å²) in [5.74, 6) is 0.552. The first-order valence-corrected chi connectivity index (χ1v) is 10.4. The third kappa shape index (κ3) is 8.22. The van der Waals surface area contributed by atoms with Gasteiger partial charge in [-0.3, -0.25) is 4.79 Å². The van der Waals surface area contributed by atoms with Gasteiger partial charge in [-0.05, 0) is 37.5 Å². The van der Waals surface area contributed by atoms with Crippen LogP contribution in [0.1, 0.15) is 112 Å². The van der Waals surface area contributed by atoms with Crippen LogP contribution in [-0.2, 0) is 4.79 Å². The van der Waals surface area contributed by atoms with Gasteiger partial charge in [0.15, 0.2) is 0 Å². The molecule has 0 fully saturated rings. The van der Waals surface area contributed by atoms with Crippen molar-refractivity contribution < 1.29 is 4.79 Å². The van der Waals surface area contributed by atoms with Crippen LogP contribution in [-0.4, -0.2) is 12.5 Å². The summed E-state index contributed by atoms with van der Waals surface area (Å²) in [4.78, 5) is 13.0. The number of hydrogen-bond donors (Lipinski definition) is 1. The molecule has 1 N–H and O–H groups in total. The van der Waals surface area contributed by atoms with Crippen molar-refractivity contribution in [1.82, 2.24) is 5.32 Å². The van der Waals surface area contributed by atoms with Gasteiger partial charge in [-0.15, -0.1) is 0 Å². The lowest BCUT2D eigenvalue weighted by Crippen LogP contribution is -2.42. The fourth-order valence-electron chi connectivity index (χ4n) is 4.06. The van der Waals surface area contributed by atoms with Crippen molar-refractivity contribution in [3.63, 3.8) is 0 Å². The fourth-order valence-corrected chi connectivity index (χ4v) is 4.06. The zero-order valence-corrected chi connectivity index (χ0v) is 16.7. The number of rotatable bonds is 15. The van der Waals surface area contributed by atoms with Crippen LogP contribution >= 0.6 is 0 Å². The van der Waals surface area contributed by atoms with Gasteiger partial charge < -0.3 is 5.32 Å². The number of unbranched alkanes of at least 4 members (excludes halogenated alkanes) is 3. The molecule has 138 valence electrons. The Bertz CT molecular complexity index is 282. The summed E-state index contributed by atoms with van der Waals surface area (Å²) in [5.41, 5.74) is 0.227. The lowest BCUT2D eigenvalue weighted by molar-refractivity contribution is -0.131. The van der Waals surface area contributed by atoms with E-state index in [1.165, 1.54) is 57.8 Å². The summed E-state index contributed by atoms with van der Waals surface area (Å²) < 4.78 is 0. The van der Waals surface area contributed by atoms with Gasteiger partial charge in [-0.2, -0.15) is 0 Å². The van der Waals surface area contributed by atoms with E-state index in [-0.39, 0.29) is 11.3 Å². The highest BCUT2D eigenvalue weighted by Gasteiger charge is 2.40. The minimum absolute atomic E-state index is 0.214. The van der Waals surface area contributed by atoms with Gasteiger partial charge in [0.1, 0.15) is 0 Å². The summed E-state index contributed by atoms with van der Waals surface area (Å²) in [5, 5.41) is 3.25. The standard InChI is InChI=1S/C21H43NO/c1-6-11-14-19(20(23)22-18-13-8-3)21(15-9-4,16-10-5)17-12-7-2/h19H,6-18H2,1-5H3,(H,22,23)/t19-/m0/s1. The Kier molecular flexibility index (Phi) is 13.5. The highest BCUT2D eigenvalue weighted by molar-refractivity contribution is 5.79. The summed E-state index contributed by atoms with van der Waals surface area (Å²) in [7, 11) is 0. The molecular formula is C21H43NO. The minimum atomic E-state index is 0.214. The van der Waals surface area contributed by atoms with E-state index in [0.29, 0.717) is 5.91 Å². The number of carbonyl (C=O) groups excluding carboxylic acids is 1. The van der Waals surface area contributed by atoms with E-state index in [4.69, 9.17) is 0 Å². The number of hydrogen-bond acceptors (Lipinski definition) is 1. The molecule has 23 heavy (non-hydrogen) atoms. The maximum absolute atomic E-state index is 13.0. The van der Waals surface area contributed by atoms with E-state index in [1.54, 1.807) is 0 Å². The van der Waals surface area contributed by atoms with Crippen molar-refractivity contribution >= 4 is 5.91 Å². The van der Waals surface area contributed by atoms with Gasteiger partial charge in [0, 0.05) is 12.5 Å². The Morgan fingerprint density at radius 1 is 0.783 bits per heavy atom. The van der Waals surface area contributed by atoms with Crippen LogP contribution in [0, 0.1) is 11.3 Å². The predicted molar refractivity (Wildman–Crippen MR) is 103 cm³/mol. The summed E-state index contributed by atoms with van der Waals surface area (Å²) in [6.45, 7) is 12.1. The van der Waals surface area contributed by atoms with Gasteiger partial charge in [0.2, 0.25) is 5.91 Å². The summed E-state index contributed by atoms with van der Waals surface area (Å²) in [6, 6.07) is 0. The molecule has 0 saturated heterocycles. The topological polar surface area (TPSA) is 29.1 Å². The van der Waals surface area contributed by atoms with Crippen molar-refractivity contribution in [2.24, 2.45) is 11.3 Å². The molecule has 0 rings (SSSR count). The van der Waals surface area contributed by atoms with Gasteiger partial charge in [-0.1, -0.05) is 79.6 Å². The van der Waals surface area contributed by atoms with E-state index in [0.717, 1.165) is 25.8 Å². The molecule has 0 aromatic heterocycles. The maximum atomic E-state index is 13.0. The monoisotopic (exact) mass is 325 g/mol. The highest BCUT2D eigenvalue weighted by atomic mass is 16.1. The van der Waals surface area contributed by atoms with Crippen LogP contribution in [0.5, 0.6) is 0 Å². The highest BCUT2D eigenvalue weighted by Crippen LogP contribution is 2.45. The van der Waals surface area contributed by atoms with Crippen molar-refractivity contribution in [2.75, 3.05) is 6.54 Å². The molecule has 0 aromatic rings. The second kappa shape index (κ2) is 13.9. The first-order chi connectivity index (χ1) is 11.1. The Morgan fingerprint density at radius 2 is 1.35 bits per heavy atom. The molecule has 2 nitrogen and oxygen atoms in total. The molecule has 0 unspecified atom stereocenters. The average Bonchev–Trinajstić information content (AvgIpc) is 2.54. The van der Waals surface area contributed by atoms with E-state index in [9.17, 15) is 4.79 Å². The van der Waals surface area contributed by atoms with Crippen molar-refractivity contribution in [1.29, 1.82) is 0 Å². The third-order valence-electron chi connectivity index (χ3n) is 5.26. The number of nitrogens with one attached hydrogen (secondary N) is 1. The Balaban J connectivity index is 5.26. The van der Waals surface area contributed by atoms with Crippen molar-refractivity contribution in [2.45, 2.75) is 112 Å². The Hall–Kier alpha value is -0.530. The lowest BCUT2D eigenvalue weighted by Gasteiger charge is -2.41. The smallest absolute Gasteiger partial charge is 0.223 e. The molecule has 0 aromatic carbocycles. The lowest BCUT2D eigenvalue weighted by atomic mass is 9.64. The van der Waals surface area contributed by atoms with Crippen LogP contribution in [0.4, 0.5) is 0 Å².